The van der Waals surface area contributed by atoms with Gasteiger partial charge in [0, 0.05) is 11.9 Å². The van der Waals surface area contributed by atoms with Crippen molar-refractivity contribution in [3.05, 3.63) is 59.4 Å². The molecule has 0 saturated heterocycles. The van der Waals surface area contributed by atoms with E-state index < -0.39 is 0 Å². The molecule has 0 aliphatic heterocycles. The predicted molar refractivity (Wildman–Crippen MR) is 88.5 cm³/mol. The Balaban J connectivity index is 1.80. The summed E-state index contributed by atoms with van der Waals surface area (Å²) in [5.74, 6) is 0.254. The second kappa shape index (κ2) is 6.28. The highest BCUT2D eigenvalue weighted by atomic mass is 32.2. The number of aryl methyl sites for hydroxylation is 1. The van der Waals surface area contributed by atoms with E-state index in [1.54, 1.807) is 11.3 Å². The Morgan fingerprint density at radius 2 is 1.86 bits per heavy atom. The average molecular weight is 314 g/mol. The average Bonchev–Trinajstić information content (AvgIpc) is 2.83. The number of aromatic nitrogens is 1. The van der Waals surface area contributed by atoms with Gasteiger partial charge in [-0.1, -0.05) is 41.7 Å². The molecule has 0 radical (unpaired) electrons. The Morgan fingerprint density at radius 1 is 1.14 bits per heavy atom. The summed E-state index contributed by atoms with van der Waals surface area (Å²) in [6.45, 7) is 0. The van der Waals surface area contributed by atoms with Gasteiger partial charge >= 0.3 is 0 Å². The number of hydrogen-bond donors (Lipinski definition) is 0. The molecule has 2 aromatic carbocycles. The van der Waals surface area contributed by atoms with Crippen LogP contribution in [0.5, 0.6) is 0 Å². The maximum Gasteiger partial charge on any atom is 0.258 e. The Morgan fingerprint density at radius 3 is 2.62 bits per heavy atom. The van der Waals surface area contributed by atoms with Crippen LogP contribution in [0.15, 0.2) is 64.5 Å². The SMILES string of the molecule is Cn1c(=NC(=O)CSc2ccccc2)sc2ccccc21. The molecular formula is C16H14N2OS2. The van der Waals surface area contributed by atoms with Gasteiger partial charge in [-0.25, -0.2) is 0 Å². The van der Waals surface area contributed by atoms with Crippen molar-refractivity contribution >= 4 is 39.2 Å². The van der Waals surface area contributed by atoms with Gasteiger partial charge in [0.1, 0.15) is 0 Å². The quantitative estimate of drug-likeness (QED) is 0.694. The van der Waals surface area contributed by atoms with Gasteiger partial charge < -0.3 is 4.57 Å². The van der Waals surface area contributed by atoms with Gasteiger partial charge in [-0.05, 0) is 24.3 Å². The van der Waals surface area contributed by atoms with Crippen LogP contribution in [0, 0.1) is 0 Å². The minimum Gasteiger partial charge on any atom is -0.319 e. The summed E-state index contributed by atoms with van der Waals surface area (Å²) in [5, 5.41) is 0. The third kappa shape index (κ3) is 3.25. The first-order valence-corrected chi connectivity index (χ1v) is 8.34. The first-order valence-electron chi connectivity index (χ1n) is 6.54. The second-order valence-corrected chi connectivity index (χ2v) is 6.58. The fraction of sp³-hybridized carbons (Fsp3) is 0.125. The van der Waals surface area contributed by atoms with E-state index in [-0.39, 0.29) is 5.91 Å². The predicted octanol–water partition coefficient (Wildman–Crippen LogP) is 3.46. The van der Waals surface area contributed by atoms with E-state index in [4.69, 9.17) is 0 Å². The standard InChI is InChI=1S/C16H14N2OS2/c1-18-13-9-5-6-10-14(13)21-16(18)17-15(19)11-20-12-7-3-2-4-8-12/h2-10H,11H2,1H3. The molecule has 0 atom stereocenters. The minimum atomic E-state index is -0.106. The zero-order valence-electron chi connectivity index (χ0n) is 11.5. The number of rotatable bonds is 3. The number of carbonyl (C=O) groups is 1. The van der Waals surface area contributed by atoms with Gasteiger partial charge in [0.15, 0.2) is 4.80 Å². The van der Waals surface area contributed by atoms with Gasteiger partial charge in [0.2, 0.25) is 0 Å². The highest BCUT2D eigenvalue weighted by molar-refractivity contribution is 8.00. The number of carbonyl (C=O) groups excluding carboxylic acids is 1. The molecule has 1 heterocycles. The highest BCUT2D eigenvalue weighted by Gasteiger charge is 2.05. The Kier molecular flexibility index (Phi) is 4.22. The van der Waals surface area contributed by atoms with Crippen LogP contribution in [-0.4, -0.2) is 16.2 Å². The lowest BCUT2D eigenvalue weighted by Crippen LogP contribution is -2.14. The van der Waals surface area contributed by atoms with Crippen molar-refractivity contribution in [1.29, 1.82) is 0 Å². The lowest BCUT2D eigenvalue weighted by atomic mass is 10.3. The number of thiazole rings is 1. The zero-order chi connectivity index (χ0) is 14.7. The monoisotopic (exact) mass is 314 g/mol. The van der Waals surface area contributed by atoms with Crippen LogP contribution in [0.3, 0.4) is 0 Å². The minimum absolute atomic E-state index is 0.106. The largest absolute Gasteiger partial charge is 0.319 e. The molecule has 0 aliphatic rings. The van der Waals surface area contributed by atoms with Crippen molar-refractivity contribution in [2.45, 2.75) is 4.90 Å². The molecule has 3 nitrogen and oxygen atoms in total. The van der Waals surface area contributed by atoms with Gasteiger partial charge in [-0.3, -0.25) is 4.79 Å². The lowest BCUT2D eigenvalue weighted by Gasteiger charge is -1.97. The first-order chi connectivity index (χ1) is 10.2. The van der Waals surface area contributed by atoms with Crippen molar-refractivity contribution in [3.8, 4) is 0 Å². The van der Waals surface area contributed by atoms with Crippen LogP contribution in [0.1, 0.15) is 0 Å². The lowest BCUT2D eigenvalue weighted by molar-refractivity contribution is -0.115. The molecule has 21 heavy (non-hydrogen) atoms. The maximum absolute atomic E-state index is 12.0. The molecule has 0 bridgehead atoms. The Bertz CT molecular complexity index is 834. The molecule has 106 valence electrons. The van der Waals surface area contributed by atoms with Gasteiger partial charge in [0.05, 0.1) is 16.0 Å². The molecular weight excluding hydrogens is 300 g/mol. The van der Waals surface area contributed by atoms with Crippen LogP contribution in [0.4, 0.5) is 0 Å². The summed E-state index contributed by atoms with van der Waals surface area (Å²) in [5.41, 5.74) is 1.10. The normalized spacial score (nSPS) is 12.0. The van der Waals surface area contributed by atoms with E-state index in [9.17, 15) is 4.79 Å². The van der Waals surface area contributed by atoms with Crippen molar-refractivity contribution in [2.24, 2.45) is 12.0 Å². The number of amides is 1. The van der Waals surface area contributed by atoms with Crippen LogP contribution >= 0.6 is 23.1 Å². The number of hydrogen-bond acceptors (Lipinski definition) is 3. The molecule has 5 heteroatoms. The molecule has 1 aromatic heterocycles. The van der Waals surface area contributed by atoms with Crippen molar-refractivity contribution in [1.82, 2.24) is 4.57 Å². The Hall–Kier alpha value is -1.85. The van der Waals surface area contributed by atoms with Crippen molar-refractivity contribution in [2.75, 3.05) is 5.75 Å². The highest BCUT2D eigenvalue weighted by Crippen LogP contribution is 2.17. The van der Waals surface area contributed by atoms with Crippen LogP contribution in [-0.2, 0) is 11.8 Å². The molecule has 0 fully saturated rings. The van der Waals surface area contributed by atoms with E-state index >= 15 is 0 Å². The summed E-state index contributed by atoms with van der Waals surface area (Å²) in [7, 11) is 1.94. The summed E-state index contributed by atoms with van der Waals surface area (Å²) >= 11 is 3.05. The number of nitrogens with zero attached hydrogens (tertiary/aromatic N) is 2. The molecule has 0 unspecified atom stereocenters. The summed E-state index contributed by atoms with van der Waals surface area (Å²) < 4.78 is 3.10. The number of benzene rings is 2. The second-order valence-electron chi connectivity index (χ2n) is 4.52. The maximum atomic E-state index is 12.0. The van der Waals surface area contributed by atoms with E-state index in [1.165, 1.54) is 11.8 Å². The smallest absolute Gasteiger partial charge is 0.258 e. The van der Waals surface area contributed by atoms with Gasteiger partial charge in [0.25, 0.3) is 5.91 Å². The number of para-hydroxylation sites is 1. The van der Waals surface area contributed by atoms with Crippen LogP contribution in [0.25, 0.3) is 10.2 Å². The van der Waals surface area contributed by atoms with Gasteiger partial charge in [-0.15, -0.1) is 11.8 Å². The molecule has 3 aromatic rings. The number of thioether (sulfide) groups is 1. The molecule has 3 rings (SSSR count). The first kappa shape index (κ1) is 14.1. The molecule has 0 spiro atoms. The Labute approximate surface area is 131 Å². The summed E-state index contributed by atoms with van der Waals surface area (Å²) in [6.07, 6.45) is 0. The fourth-order valence-corrected chi connectivity index (χ4v) is 3.73. The van der Waals surface area contributed by atoms with E-state index in [0.29, 0.717) is 5.75 Å². The zero-order valence-corrected chi connectivity index (χ0v) is 13.2. The third-order valence-electron chi connectivity index (χ3n) is 3.04. The molecule has 0 N–H and O–H groups in total. The van der Waals surface area contributed by atoms with Crippen molar-refractivity contribution in [3.63, 3.8) is 0 Å². The van der Waals surface area contributed by atoms with Gasteiger partial charge in [-0.2, -0.15) is 4.99 Å². The molecule has 1 amide bonds. The molecule has 0 saturated carbocycles. The summed E-state index contributed by atoms with van der Waals surface area (Å²) in [4.78, 5) is 18.1. The fourth-order valence-electron chi connectivity index (χ4n) is 1.99. The van der Waals surface area contributed by atoms with E-state index in [2.05, 4.69) is 4.99 Å². The number of fused-ring (bicyclic) bond motifs is 1. The summed E-state index contributed by atoms with van der Waals surface area (Å²) in [6, 6.07) is 18.0. The van der Waals surface area contributed by atoms with Crippen molar-refractivity contribution < 1.29 is 4.79 Å². The molecule has 0 aliphatic carbocycles. The third-order valence-corrected chi connectivity index (χ3v) is 5.15. The van der Waals surface area contributed by atoms with Crippen LogP contribution < -0.4 is 4.80 Å². The van der Waals surface area contributed by atoms with Crippen LogP contribution in [0.2, 0.25) is 0 Å². The van der Waals surface area contributed by atoms with E-state index in [0.717, 1.165) is 19.9 Å². The van der Waals surface area contributed by atoms with E-state index in [1.807, 2.05) is 66.2 Å². The topological polar surface area (TPSA) is 34.4 Å².